The van der Waals surface area contributed by atoms with Crippen molar-refractivity contribution < 1.29 is 19.0 Å². The van der Waals surface area contributed by atoms with E-state index in [9.17, 15) is 4.79 Å². The van der Waals surface area contributed by atoms with E-state index in [4.69, 9.17) is 14.2 Å². The van der Waals surface area contributed by atoms with Crippen LogP contribution in [0.1, 0.15) is 26.7 Å². The summed E-state index contributed by atoms with van der Waals surface area (Å²) in [5.74, 6) is 1.52. The molecule has 5 heteroatoms. The van der Waals surface area contributed by atoms with Crippen LogP contribution in [0, 0.1) is 5.41 Å². The molecule has 5 nitrogen and oxygen atoms in total. The Balaban J connectivity index is 1.59. The number of ether oxygens (including phenoxy) is 3. The van der Waals surface area contributed by atoms with Crippen molar-refractivity contribution in [3.8, 4) is 11.5 Å². The molecule has 2 aliphatic rings. The number of carbonyl (C=O) groups excluding carboxylic acids is 1. The molecule has 0 aromatic heterocycles. The van der Waals surface area contributed by atoms with Crippen LogP contribution in [0.2, 0.25) is 0 Å². The van der Waals surface area contributed by atoms with Gasteiger partial charge in [-0.3, -0.25) is 9.69 Å². The average Bonchev–Trinajstić information content (AvgIpc) is 2.55. The van der Waals surface area contributed by atoms with Crippen molar-refractivity contribution in [3.63, 3.8) is 0 Å². The molecular weight excluding hydrogens is 294 g/mol. The van der Waals surface area contributed by atoms with Crippen LogP contribution in [0.15, 0.2) is 24.3 Å². The van der Waals surface area contributed by atoms with Crippen LogP contribution in [-0.4, -0.2) is 49.8 Å². The van der Waals surface area contributed by atoms with Crippen LogP contribution in [0.4, 0.5) is 0 Å². The van der Waals surface area contributed by atoms with Crippen LogP contribution in [0.25, 0.3) is 0 Å². The number of para-hydroxylation sites is 2. The van der Waals surface area contributed by atoms with Gasteiger partial charge in [0.1, 0.15) is 12.7 Å². The van der Waals surface area contributed by atoms with Crippen molar-refractivity contribution in [1.29, 1.82) is 0 Å². The fraction of sp³-hybridized carbons (Fsp3) is 0.611. The first-order valence-electron chi connectivity index (χ1n) is 8.39. The van der Waals surface area contributed by atoms with Crippen LogP contribution < -0.4 is 9.47 Å². The SMILES string of the molecule is CCOC(=O)C1(C)CCCN(CC2COc3ccccc3O2)C1. The standard InChI is InChI=1S/C18H25NO4/c1-3-21-17(20)18(2)9-6-10-19(13-18)11-14-12-22-15-7-4-5-8-16(15)23-14/h4-5,7-8,14H,3,6,9-13H2,1-2H3. The molecule has 0 N–H and O–H groups in total. The molecular formula is C18H25NO4. The number of nitrogens with zero attached hydrogens (tertiary/aromatic N) is 1. The van der Waals surface area contributed by atoms with Crippen molar-refractivity contribution in [1.82, 2.24) is 4.90 Å². The summed E-state index contributed by atoms with van der Waals surface area (Å²) in [4.78, 5) is 14.5. The molecule has 1 saturated heterocycles. The van der Waals surface area contributed by atoms with Crippen LogP contribution in [-0.2, 0) is 9.53 Å². The number of benzene rings is 1. The summed E-state index contributed by atoms with van der Waals surface area (Å²) in [5.41, 5.74) is -0.415. The summed E-state index contributed by atoms with van der Waals surface area (Å²) in [7, 11) is 0. The van der Waals surface area contributed by atoms with Crippen molar-refractivity contribution in [2.45, 2.75) is 32.8 Å². The largest absolute Gasteiger partial charge is 0.486 e. The number of piperidine rings is 1. The predicted molar refractivity (Wildman–Crippen MR) is 86.8 cm³/mol. The zero-order valence-electron chi connectivity index (χ0n) is 13.9. The van der Waals surface area contributed by atoms with Crippen molar-refractivity contribution in [2.75, 3.05) is 32.8 Å². The van der Waals surface area contributed by atoms with Crippen LogP contribution in [0.3, 0.4) is 0 Å². The first kappa shape index (κ1) is 16.1. The predicted octanol–water partition coefficient (Wildman–Crippen LogP) is 2.49. The number of likely N-dealkylation sites (tertiary alicyclic amines) is 1. The van der Waals surface area contributed by atoms with Gasteiger partial charge in [-0.15, -0.1) is 0 Å². The van der Waals surface area contributed by atoms with Gasteiger partial charge in [0.05, 0.1) is 12.0 Å². The number of carbonyl (C=O) groups is 1. The van der Waals surface area contributed by atoms with Gasteiger partial charge in [-0.05, 0) is 45.4 Å². The quantitative estimate of drug-likeness (QED) is 0.798. The molecule has 2 aliphatic heterocycles. The number of hydrogen-bond donors (Lipinski definition) is 0. The Kier molecular flexibility index (Phi) is 4.76. The highest BCUT2D eigenvalue weighted by Crippen LogP contribution is 2.33. The van der Waals surface area contributed by atoms with Gasteiger partial charge in [-0.2, -0.15) is 0 Å². The molecule has 0 saturated carbocycles. The Hall–Kier alpha value is -1.75. The molecule has 2 atom stereocenters. The molecule has 23 heavy (non-hydrogen) atoms. The fourth-order valence-electron chi connectivity index (χ4n) is 3.41. The Bertz CT molecular complexity index is 562. The summed E-state index contributed by atoms with van der Waals surface area (Å²) in [6, 6.07) is 7.74. The van der Waals surface area contributed by atoms with E-state index in [0.717, 1.165) is 37.4 Å². The highest BCUT2D eigenvalue weighted by molar-refractivity contribution is 5.76. The number of hydrogen-bond acceptors (Lipinski definition) is 5. The Morgan fingerprint density at radius 3 is 2.96 bits per heavy atom. The van der Waals surface area contributed by atoms with Crippen molar-refractivity contribution in [2.24, 2.45) is 5.41 Å². The van der Waals surface area contributed by atoms with Gasteiger partial charge < -0.3 is 14.2 Å². The van der Waals surface area contributed by atoms with Crippen molar-refractivity contribution >= 4 is 5.97 Å². The molecule has 126 valence electrons. The zero-order chi connectivity index (χ0) is 16.3. The maximum atomic E-state index is 12.2. The lowest BCUT2D eigenvalue weighted by Crippen LogP contribution is -2.50. The topological polar surface area (TPSA) is 48.0 Å². The summed E-state index contributed by atoms with van der Waals surface area (Å²) >= 11 is 0. The minimum absolute atomic E-state index is 0.00514. The maximum Gasteiger partial charge on any atom is 0.313 e. The molecule has 0 bridgehead atoms. The summed E-state index contributed by atoms with van der Waals surface area (Å²) in [5, 5.41) is 0. The molecule has 2 unspecified atom stereocenters. The summed E-state index contributed by atoms with van der Waals surface area (Å²) in [6.45, 7) is 7.30. The zero-order valence-corrected chi connectivity index (χ0v) is 13.9. The smallest absolute Gasteiger partial charge is 0.313 e. The third-order valence-corrected chi connectivity index (χ3v) is 4.57. The molecule has 0 amide bonds. The van der Waals surface area contributed by atoms with E-state index in [2.05, 4.69) is 4.90 Å². The van der Waals surface area contributed by atoms with Gasteiger partial charge in [0.25, 0.3) is 0 Å². The Morgan fingerprint density at radius 2 is 2.17 bits per heavy atom. The van der Waals surface area contributed by atoms with Gasteiger partial charge in [-0.1, -0.05) is 12.1 Å². The van der Waals surface area contributed by atoms with E-state index in [1.54, 1.807) is 0 Å². The summed E-state index contributed by atoms with van der Waals surface area (Å²) in [6.07, 6.45) is 1.88. The van der Waals surface area contributed by atoms with E-state index < -0.39 is 5.41 Å². The van der Waals surface area contributed by atoms with Crippen LogP contribution in [0.5, 0.6) is 11.5 Å². The van der Waals surface area contributed by atoms with Crippen molar-refractivity contribution in [3.05, 3.63) is 24.3 Å². The summed E-state index contributed by atoms with van der Waals surface area (Å²) < 4.78 is 17.0. The maximum absolute atomic E-state index is 12.2. The van der Waals surface area contributed by atoms with Gasteiger partial charge in [0.2, 0.25) is 0 Å². The molecule has 0 spiro atoms. The van der Waals surface area contributed by atoms with E-state index in [-0.39, 0.29) is 12.1 Å². The normalized spacial score (nSPS) is 27.5. The molecule has 0 radical (unpaired) electrons. The second-order valence-corrected chi connectivity index (χ2v) is 6.62. The van der Waals surface area contributed by atoms with Gasteiger partial charge in [0.15, 0.2) is 11.5 Å². The second kappa shape index (κ2) is 6.79. The minimum atomic E-state index is -0.415. The first-order chi connectivity index (χ1) is 11.1. The highest BCUT2D eigenvalue weighted by Gasteiger charge is 2.40. The molecule has 2 heterocycles. The number of esters is 1. The Labute approximate surface area is 137 Å². The third-order valence-electron chi connectivity index (χ3n) is 4.57. The molecule has 3 rings (SSSR count). The number of fused-ring (bicyclic) bond motifs is 1. The highest BCUT2D eigenvalue weighted by atomic mass is 16.6. The molecule has 1 aromatic carbocycles. The monoisotopic (exact) mass is 319 g/mol. The lowest BCUT2D eigenvalue weighted by molar-refractivity contribution is -0.158. The van der Waals surface area contributed by atoms with Crippen LogP contribution >= 0.6 is 0 Å². The Morgan fingerprint density at radius 1 is 1.39 bits per heavy atom. The average molecular weight is 319 g/mol. The molecule has 1 aromatic rings. The van der Waals surface area contributed by atoms with Gasteiger partial charge in [0, 0.05) is 13.1 Å². The minimum Gasteiger partial charge on any atom is -0.486 e. The molecule has 0 aliphatic carbocycles. The fourth-order valence-corrected chi connectivity index (χ4v) is 3.41. The van der Waals surface area contributed by atoms with Gasteiger partial charge in [-0.25, -0.2) is 0 Å². The number of rotatable bonds is 4. The van der Waals surface area contributed by atoms with E-state index in [1.807, 2.05) is 38.1 Å². The molecule has 1 fully saturated rings. The second-order valence-electron chi connectivity index (χ2n) is 6.62. The lowest BCUT2D eigenvalue weighted by Gasteiger charge is -2.40. The third kappa shape index (κ3) is 3.61. The van der Waals surface area contributed by atoms with E-state index >= 15 is 0 Å². The van der Waals surface area contributed by atoms with Gasteiger partial charge >= 0.3 is 5.97 Å². The lowest BCUT2D eigenvalue weighted by atomic mass is 9.82. The first-order valence-corrected chi connectivity index (χ1v) is 8.39. The van der Waals surface area contributed by atoms with E-state index in [0.29, 0.717) is 19.8 Å². The van der Waals surface area contributed by atoms with E-state index in [1.165, 1.54) is 0 Å².